The Labute approximate surface area is 150 Å². The van der Waals surface area contributed by atoms with E-state index >= 15 is 0 Å². The average molecular weight is 404 g/mol. The number of amides is 1. The van der Waals surface area contributed by atoms with Crippen molar-refractivity contribution >= 4 is 27.6 Å². The number of benzene rings is 1. The molecule has 1 aliphatic heterocycles. The van der Waals surface area contributed by atoms with Gasteiger partial charge in [0.15, 0.2) is 5.82 Å². The highest BCUT2D eigenvalue weighted by Gasteiger charge is 2.33. The third-order valence-electron chi connectivity index (χ3n) is 4.27. The number of carbonyl (C=O) groups excluding carboxylic acids is 1. The van der Waals surface area contributed by atoms with Crippen molar-refractivity contribution in [2.75, 3.05) is 4.90 Å². The van der Waals surface area contributed by atoms with Crippen LogP contribution in [0.2, 0.25) is 0 Å². The molecule has 0 bridgehead atoms. The second-order valence-corrected chi connectivity index (χ2v) is 6.74. The molecule has 0 spiro atoms. The quantitative estimate of drug-likeness (QED) is 0.670. The molecule has 1 aliphatic rings. The van der Waals surface area contributed by atoms with E-state index in [4.69, 9.17) is 4.52 Å². The van der Waals surface area contributed by atoms with E-state index in [1.165, 1.54) is 9.36 Å². The van der Waals surface area contributed by atoms with Crippen LogP contribution in [0.5, 0.6) is 0 Å². The Kier molecular flexibility index (Phi) is 3.60. The molecule has 3 heterocycles. The van der Waals surface area contributed by atoms with Gasteiger partial charge in [0.1, 0.15) is 5.76 Å². The van der Waals surface area contributed by atoms with Crippen molar-refractivity contribution in [1.29, 1.82) is 0 Å². The van der Waals surface area contributed by atoms with E-state index in [1.807, 2.05) is 24.3 Å². The molecule has 0 radical (unpaired) electrons. The van der Waals surface area contributed by atoms with Gasteiger partial charge in [-0.3, -0.25) is 4.90 Å². The maximum atomic E-state index is 12.9. The van der Waals surface area contributed by atoms with Gasteiger partial charge in [-0.05, 0) is 38.1 Å². The molecule has 0 saturated heterocycles. The predicted molar refractivity (Wildman–Crippen MR) is 92.7 cm³/mol. The number of anilines is 1. The first-order valence-corrected chi connectivity index (χ1v) is 8.43. The normalized spacial score (nSPS) is 13.6. The number of carbonyl (C=O) groups is 1. The molecule has 9 heteroatoms. The second kappa shape index (κ2) is 5.69. The first kappa shape index (κ1) is 15.8. The summed E-state index contributed by atoms with van der Waals surface area (Å²) in [5.41, 5.74) is 1.75. The Balaban J connectivity index is 1.72. The van der Waals surface area contributed by atoms with Crippen molar-refractivity contribution in [2.24, 2.45) is 0 Å². The number of hydrogen-bond donors (Lipinski definition) is 0. The number of fused-ring (bicyclic) bond motifs is 1. The van der Waals surface area contributed by atoms with Crippen molar-refractivity contribution in [3.63, 3.8) is 0 Å². The lowest BCUT2D eigenvalue weighted by atomic mass is 10.2. The van der Waals surface area contributed by atoms with Crippen molar-refractivity contribution < 1.29 is 9.32 Å². The Hall–Kier alpha value is -2.68. The molecule has 0 saturated carbocycles. The lowest BCUT2D eigenvalue weighted by Crippen LogP contribution is -2.34. The maximum Gasteiger partial charge on any atom is 0.364 e. The highest BCUT2D eigenvalue weighted by molar-refractivity contribution is 9.10. The fourth-order valence-electron chi connectivity index (χ4n) is 2.92. The van der Waals surface area contributed by atoms with Crippen LogP contribution in [-0.4, -0.2) is 25.5 Å². The molecule has 25 heavy (non-hydrogen) atoms. The molecule has 3 aromatic rings. The highest BCUT2D eigenvalue weighted by atomic mass is 79.9. The van der Waals surface area contributed by atoms with E-state index in [0.717, 1.165) is 15.7 Å². The van der Waals surface area contributed by atoms with Gasteiger partial charge in [-0.15, -0.1) is 0 Å². The number of aromatic nitrogens is 4. The zero-order chi connectivity index (χ0) is 17.7. The topological polar surface area (TPSA) is 86.2 Å². The lowest BCUT2D eigenvalue weighted by molar-refractivity contribution is 0.244. The summed E-state index contributed by atoms with van der Waals surface area (Å²) in [5.74, 6) is 1.04. The zero-order valence-electron chi connectivity index (χ0n) is 13.6. The zero-order valence-corrected chi connectivity index (χ0v) is 15.1. The van der Waals surface area contributed by atoms with E-state index in [1.54, 1.807) is 18.7 Å². The largest absolute Gasteiger partial charge is 0.364 e. The molecule has 2 aromatic heterocycles. The van der Waals surface area contributed by atoms with E-state index in [0.29, 0.717) is 17.3 Å². The summed E-state index contributed by atoms with van der Waals surface area (Å²) in [6.45, 7) is 4.02. The fourth-order valence-corrected chi connectivity index (χ4v) is 3.18. The van der Waals surface area contributed by atoms with Gasteiger partial charge in [-0.1, -0.05) is 21.1 Å². The number of halogens is 1. The van der Waals surface area contributed by atoms with Gasteiger partial charge in [0.25, 0.3) is 0 Å². The highest BCUT2D eigenvalue weighted by Crippen LogP contribution is 2.25. The molecule has 1 aromatic carbocycles. The van der Waals surface area contributed by atoms with Crippen LogP contribution in [0.3, 0.4) is 0 Å². The molecule has 0 atom stereocenters. The summed E-state index contributed by atoms with van der Waals surface area (Å²) >= 11 is 3.38. The third kappa shape index (κ3) is 2.51. The molecular weight excluding hydrogens is 390 g/mol. The smallest absolute Gasteiger partial charge is 0.361 e. The summed E-state index contributed by atoms with van der Waals surface area (Å²) in [5, 5.41) is 3.89. The molecule has 0 fully saturated rings. The molecule has 0 unspecified atom stereocenters. The van der Waals surface area contributed by atoms with Crippen LogP contribution in [0, 0.1) is 13.8 Å². The summed E-state index contributed by atoms with van der Waals surface area (Å²) in [6.07, 6.45) is 0. The third-order valence-corrected chi connectivity index (χ3v) is 4.80. The lowest BCUT2D eigenvalue weighted by Gasteiger charge is -2.15. The van der Waals surface area contributed by atoms with Gasteiger partial charge in [-0.25, -0.2) is 14.3 Å². The Bertz CT molecular complexity index is 1010. The molecule has 0 aliphatic carbocycles. The number of nitrogens with zero attached hydrogens (tertiary/aromatic N) is 5. The van der Waals surface area contributed by atoms with Crippen molar-refractivity contribution in [1.82, 2.24) is 19.5 Å². The minimum atomic E-state index is -0.459. The Morgan fingerprint density at radius 2 is 1.92 bits per heavy atom. The molecular formula is C16H14BrN5O3. The van der Waals surface area contributed by atoms with Gasteiger partial charge >= 0.3 is 11.7 Å². The summed E-state index contributed by atoms with van der Waals surface area (Å²) in [7, 11) is 0. The van der Waals surface area contributed by atoms with Crippen LogP contribution in [0.1, 0.15) is 22.8 Å². The number of aryl methyl sites for hydroxylation is 2. The van der Waals surface area contributed by atoms with Gasteiger partial charge in [0.05, 0.1) is 18.8 Å². The number of rotatable bonds is 3. The molecule has 8 nitrogen and oxygen atoms in total. The minimum Gasteiger partial charge on any atom is -0.361 e. The van der Waals surface area contributed by atoms with Crippen LogP contribution >= 0.6 is 15.9 Å². The minimum absolute atomic E-state index is 0.187. The maximum absolute atomic E-state index is 12.9. The first-order chi connectivity index (χ1) is 12.0. The van der Waals surface area contributed by atoms with E-state index in [2.05, 4.69) is 26.1 Å². The molecule has 4 rings (SSSR count). The van der Waals surface area contributed by atoms with Crippen LogP contribution in [-0.2, 0) is 13.1 Å². The molecule has 1 amide bonds. The first-order valence-electron chi connectivity index (χ1n) is 7.63. The van der Waals surface area contributed by atoms with Crippen LogP contribution in [0.15, 0.2) is 38.1 Å². The van der Waals surface area contributed by atoms with Gasteiger partial charge in [0.2, 0.25) is 0 Å². The van der Waals surface area contributed by atoms with E-state index < -0.39 is 5.69 Å². The predicted octanol–water partition coefficient (Wildman–Crippen LogP) is 2.45. The van der Waals surface area contributed by atoms with Crippen LogP contribution in [0.25, 0.3) is 0 Å². The fraction of sp³-hybridized carbons (Fsp3) is 0.250. The summed E-state index contributed by atoms with van der Waals surface area (Å²) < 4.78 is 8.72. The molecule has 0 N–H and O–H groups in total. The summed E-state index contributed by atoms with van der Waals surface area (Å²) in [4.78, 5) is 30.7. The van der Waals surface area contributed by atoms with Gasteiger partial charge < -0.3 is 4.52 Å². The standard InChI is InChI=1S/C16H14BrN5O3/c1-9-13(10(2)25-19-9)7-21-15(23)18-14-8-20(16(24)22(14)21)12-5-3-11(17)4-6-12/h3-6H,7-8H2,1-2H3. The van der Waals surface area contributed by atoms with Crippen molar-refractivity contribution in [2.45, 2.75) is 26.9 Å². The second-order valence-electron chi connectivity index (χ2n) is 5.83. The van der Waals surface area contributed by atoms with Crippen molar-refractivity contribution in [3.8, 4) is 0 Å². The van der Waals surface area contributed by atoms with Gasteiger partial charge in [-0.2, -0.15) is 9.67 Å². The van der Waals surface area contributed by atoms with Crippen LogP contribution < -0.4 is 10.6 Å². The summed E-state index contributed by atoms with van der Waals surface area (Å²) in [6, 6.07) is 7.09. The van der Waals surface area contributed by atoms with Gasteiger partial charge in [0, 0.05) is 15.7 Å². The van der Waals surface area contributed by atoms with Crippen molar-refractivity contribution in [3.05, 3.63) is 62.1 Å². The molecule has 128 valence electrons. The number of hydrogen-bond acceptors (Lipinski definition) is 5. The SMILES string of the molecule is Cc1noc(C)c1Cn1c(=O)nc2n1C(=O)N(c1ccc(Br)cc1)C2. The Morgan fingerprint density at radius 1 is 1.20 bits per heavy atom. The van der Waals surface area contributed by atoms with E-state index in [9.17, 15) is 9.59 Å². The monoisotopic (exact) mass is 403 g/mol. The Morgan fingerprint density at radius 3 is 2.56 bits per heavy atom. The van der Waals surface area contributed by atoms with Crippen LogP contribution in [0.4, 0.5) is 10.5 Å². The van der Waals surface area contributed by atoms with E-state index in [-0.39, 0.29) is 19.1 Å². The average Bonchev–Trinajstić information content (AvgIpc) is 3.18.